The molecule has 0 aromatic carbocycles. The molecule has 0 aromatic rings. The average molecular weight is 458 g/mol. The highest BCUT2D eigenvalue weighted by molar-refractivity contribution is 5.93. The van der Waals surface area contributed by atoms with Crippen molar-refractivity contribution in [1.29, 1.82) is 0 Å². The molecule has 0 aliphatic carbocycles. The van der Waals surface area contributed by atoms with E-state index in [9.17, 15) is 19.2 Å². The maximum absolute atomic E-state index is 13.0. The van der Waals surface area contributed by atoms with Crippen LogP contribution in [0.3, 0.4) is 0 Å². The zero-order chi connectivity index (χ0) is 25.2. The van der Waals surface area contributed by atoms with E-state index < -0.39 is 47.6 Å². The van der Waals surface area contributed by atoms with Crippen molar-refractivity contribution in [2.45, 2.75) is 98.9 Å². The molecule has 0 aliphatic heterocycles. The Labute approximate surface area is 192 Å². The molecule has 0 spiro atoms. The van der Waals surface area contributed by atoms with E-state index in [1.165, 1.54) is 7.11 Å². The Morgan fingerprint density at radius 3 is 1.56 bits per heavy atom. The first-order chi connectivity index (χ1) is 14.6. The van der Waals surface area contributed by atoms with Gasteiger partial charge in [-0.15, -0.1) is 0 Å². The van der Waals surface area contributed by atoms with Gasteiger partial charge in [0.25, 0.3) is 0 Å². The summed E-state index contributed by atoms with van der Waals surface area (Å²) in [5.41, 5.74) is -0.706. The van der Waals surface area contributed by atoms with Crippen LogP contribution in [-0.4, -0.2) is 54.7 Å². The first-order valence-corrected chi connectivity index (χ1v) is 11.2. The zero-order valence-electron chi connectivity index (χ0n) is 21.3. The Morgan fingerprint density at radius 1 is 0.750 bits per heavy atom. The lowest BCUT2D eigenvalue weighted by Crippen LogP contribution is -2.57. The van der Waals surface area contributed by atoms with E-state index in [4.69, 9.17) is 9.47 Å². The standard InChI is InChI=1S/C23H43N3O6/c1-13(2)11-16(20(28)26-18(15(5)6)21(29)31-10)24-19(27)17(12-14(3)4)25-22(30)32-23(7,8)9/h13-18H,11-12H2,1-10H3,(H,24,27)(H,25,30)(H,26,28). The van der Waals surface area contributed by atoms with Crippen LogP contribution in [0.2, 0.25) is 0 Å². The van der Waals surface area contributed by atoms with Crippen molar-refractivity contribution in [2.24, 2.45) is 17.8 Å². The number of methoxy groups -OCH3 is 1. The van der Waals surface area contributed by atoms with Crippen LogP contribution in [-0.2, 0) is 23.9 Å². The molecular formula is C23H43N3O6. The minimum atomic E-state index is -0.872. The maximum Gasteiger partial charge on any atom is 0.408 e. The number of amides is 3. The zero-order valence-corrected chi connectivity index (χ0v) is 21.3. The van der Waals surface area contributed by atoms with Crippen LogP contribution in [0.4, 0.5) is 4.79 Å². The molecule has 9 heteroatoms. The summed E-state index contributed by atoms with van der Waals surface area (Å²) < 4.78 is 10.1. The molecule has 0 radical (unpaired) electrons. The largest absolute Gasteiger partial charge is 0.467 e. The van der Waals surface area contributed by atoms with Gasteiger partial charge >= 0.3 is 12.1 Å². The third-order valence-electron chi connectivity index (χ3n) is 4.47. The molecule has 0 rings (SSSR count). The van der Waals surface area contributed by atoms with Crippen LogP contribution in [0.15, 0.2) is 0 Å². The number of hydrogen-bond acceptors (Lipinski definition) is 6. The number of carbonyl (C=O) groups is 4. The fraction of sp³-hybridized carbons (Fsp3) is 0.826. The molecule has 3 atom stereocenters. The topological polar surface area (TPSA) is 123 Å². The quantitative estimate of drug-likeness (QED) is 0.410. The molecule has 0 heterocycles. The molecule has 0 aromatic heterocycles. The molecule has 0 aliphatic rings. The van der Waals surface area contributed by atoms with E-state index in [0.717, 1.165) is 0 Å². The number of alkyl carbamates (subject to hydrolysis) is 1. The summed E-state index contributed by atoms with van der Waals surface area (Å²) >= 11 is 0. The average Bonchev–Trinajstić information content (AvgIpc) is 2.61. The second-order valence-electron chi connectivity index (χ2n) is 10.3. The van der Waals surface area contributed by atoms with Crippen LogP contribution < -0.4 is 16.0 Å². The van der Waals surface area contributed by atoms with E-state index >= 15 is 0 Å². The fourth-order valence-electron chi connectivity index (χ4n) is 3.01. The molecule has 3 amide bonds. The van der Waals surface area contributed by atoms with Gasteiger partial charge in [0, 0.05) is 0 Å². The van der Waals surface area contributed by atoms with Crippen molar-refractivity contribution in [1.82, 2.24) is 16.0 Å². The number of nitrogens with one attached hydrogen (secondary N) is 3. The van der Waals surface area contributed by atoms with Crippen LogP contribution in [0.1, 0.15) is 75.2 Å². The molecule has 32 heavy (non-hydrogen) atoms. The minimum absolute atomic E-state index is 0.101. The number of carbonyl (C=O) groups excluding carboxylic acids is 4. The molecule has 0 fully saturated rings. The number of rotatable bonds is 11. The van der Waals surface area contributed by atoms with Gasteiger partial charge in [0.05, 0.1) is 7.11 Å². The van der Waals surface area contributed by atoms with E-state index in [0.29, 0.717) is 12.8 Å². The SMILES string of the molecule is COC(=O)C(NC(=O)C(CC(C)C)NC(=O)C(CC(C)C)NC(=O)OC(C)(C)C)C(C)C. The third-order valence-corrected chi connectivity index (χ3v) is 4.47. The van der Waals surface area contributed by atoms with Gasteiger partial charge in [-0.2, -0.15) is 0 Å². The van der Waals surface area contributed by atoms with Gasteiger partial charge in [-0.25, -0.2) is 9.59 Å². The van der Waals surface area contributed by atoms with Crippen LogP contribution >= 0.6 is 0 Å². The summed E-state index contributed by atoms with van der Waals surface area (Å²) in [5, 5.41) is 8.05. The van der Waals surface area contributed by atoms with Crippen LogP contribution in [0.5, 0.6) is 0 Å². The van der Waals surface area contributed by atoms with Gasteiger partial charge in [-0.05, 0) is 51.4 Å². The van der Waals surface area contributed by atoms with Crippen molar-refractivity contribution in [3.63, 3.8) is 0 Å². The summed E-state index contributed by atoms with van der Waals surface area (Å²) in [7, 11) is 1.26. The molecule has 186 valence electrons. The van der Waals surface area contributed by atoms with Crippen molar-refractivity contribution in [3.8, 4) is 0 Å². The second-order valence-corrected chi connectivity index (χ2v) is 10.3. The summed E-state index contributed by atoms with van der Waals surface area (Å²) in [6.45, 7) is 16.5. The van der Waals surface area contributed by atoms with Gasteiger partial charge in [-0.3, -0.25) is 9.59 Å². The van der Waals surface area contributed by atoms with Gasteiger partial charge in [-0.1, -0.05) is 41.5 Å². The number of esters is 1. The Hall–Kier alpha value is -2.32. The van der Waals surface area contributed by atoms with Crippen LogP contribution in [0.25, 0.3) is 0 Å². The highest BCUT2D eigenvalue weighted by atomic mass is 16.6. The van der Waals surface area contributed by atoms with Crippen molar-refractivity contribution >= 4 is 23.9 Å². The van der Waals surface area contributed by atoms with Gasteiger partial charge in [0.15, 0.2) is 0 Å². The monoisotopic (exact) mass is 457 g/mol. The van der Waals surface area contributed by atoms with Gasteiger partial charge < -0.3 is 25.4 Å². The predicted octanol–water partition coefficient (Wildman–Crippen LogP) is 2.77. The summed E-state index contributed by atoms with van der Waals surface area (Å²) in [6, 6.07) is -2.57. The van der Waals surface area contributed by atoms with E-state index in [1.54, 1.807) is 34.6 Å². The fourth-order valence-corrected chi connectivity index (χ4v) is 3.01. The molecule has 0 saturated heterocycles. The highest BCUT2D eigenvalue weighted by Crippen LogP contribution is 2.12. The first kappa shape index (κ1) is 29.7. The Kier molecular flexibility index (Phi) is 12.3. The van der Waals surface area contributed by atoms with Crippen molar-refractivity contribution in [3.05, 3.63) is 0 Å². The second kappa shape index (κ2) is 13.3. The third kappa shape index (κ3) is 11.9. The first-order valence-electron chi connectivity index (χ1n) is 11.2. The lowest BCUT2D eigenvalue weighted by molar-refractivity contribution is -0.146. The normalized spacial score (nSPS) is 14.5. The number of hydrogen-bond donors (Lipinski definition) is 3. The lowest BCUT2D eigenvalue weighted by atomic mass is 9.99. The smallest absolute Gasteiger partial charge is 0.408 e. The van der Waals surface area contributed by atoms with Gasteiger partial charge in [0.2, 0.25) is 11.8 Å². The highest BCUT2D eigenvalue weighted by Gasteiger charge is 2.32. The number of ether oxygens (including phenoxy) is 2. The Balaban J connectivity index is 5.52. The molecular weight excluding hydrogens is 414 g/mol. The Morgan fingerprint density at radius 2 is 1.19 bits per heavy atom. The van der Waals surface area contributed by atoms with Crippen LogP contribution in [0, 0.1) is 17.8 Å². The van der Waals surface area contributed by atoms with Crippen molar-refractivity contribution < 1.29 is 28.7 Å². The lowest BCUT2D eigenvalue weighted by Gasteiger charge is -2.28. The molecule has 0 saturated carbocycles. The molecule has 3 N–H and O–H groups in total. The molecule has 9 nitrogen and oxygen atoms in total. The summed E-state index contributed by atoms with van der Waals surface area (Å²) in [4.78, 5) is 50.3. The predicted molar refractivity (Wildman–Crippen MR) is 123 cm³/mol. The van der Waals surface area contributed by atoms with E-state index in [2.05, 4.69) is 16.0 Å². The van der Waals surface area contributed by atoms with E-state index in [1.807, 2.05) is 27.7 Å². The summed E-state index contributed by atoms with van der Waals surface area (Å²) in [6.07, 6.45) is 0.0381. The molecule has 3 unspecified atom stereocenters. The van der Waals surface area contributed by atoms with E-state index in [-0.39, 0.29) is 17.8 Å². The summed E-state index contributed by atoms with van der Waals surface area (Å²) in [5.74, 6) is -1.48. The maximum atomic E-state index is 13.0. The van der Waals surface area contributed by atoms with Gasteiger partial charge in [0.1, 0.15) is 23.7 Å². The Bertz CT molecular complexity index is 640. The molecule has 0 bridgehead atoms. The van der Waals surface area contributed by atoms with Crippen molar-refractivity contribution in [2.75, 3.05) is 7.11 Å². The minimum Gasteiger partial charge on any atom is -0.467 e.